The van der Waals surface area contributed by atoms with Crippen LogP contribution in [0.1, 0.15) is 69.4 Å². The van der Waals surface area contributed by atoms with E-state index in [1.807, 2.05) is 0 Å². The van der Waals surface area contributed by atoms with Gasteiger partial charge in [0.15, 0.2) is 0 Å². The molecule has 1 aliphatic rings. The first kappa shape index (κ1) is 20.4. The smallest absolute Gasteiger partial charge is 0.123 e. The lowest BCUT2D eigenvalue weighted by Gasteiger charge is -2.14. The van der Waals surface area contributed by atoms with E-state index in [0.717, 1.165) is 43.7 Å². The molecule has 1 fully saturated rings. The highest BCUT2D eigenvalue weighted by Crippen LogP contribution is 2.19. The molecule has 2 rings (SSSR count). The molecule has 0 spiro atoms. The zero-order valence-electron chi connectivity index (χ0n) is 15.9. The van der Waals surface area contributed by atoms with E-state index in [1.54, 1.807) is 0 Å². The van der Waals surface area contributed by atoms with Crippen molar-refractivity contribution in [3.05, 3.63) is 35.4 Å². The molecule has 1 aromatic carbocycles. The van der Waals surface area contributed by atoms with E-state index >= 15 is 0 Å². The number of rotatable bonds is 11. The van der Waals surface area contributed by atoms with E-state index in [-0.39, 0.29) is 6.61 Å². The largest absolute Gasteiger partial charge is 0.374 e. The predicted molar refractivity (Wildman–Crippen MR) is 104 cm³/mol. The Hall–Kier alpha value is -0.930. The molecule has 1 N–H and O–H groups in total. The molecule has 0 saturated carbocycles. The summed E-state index contributed by atoms with van der Waals surface area (Å²) in [6.07, 6.45) is 9.44. The Morgan fingerprint density at radius 3 is 2.76 bits per heavy atom. The van der Waals surface area contributed by atoms with Crippen LogP contribution < -0.4 is 5.32 Å². The summed E-state index contributed by atoms with van der Waals surface area (Å²) in [5, 5.41) is 3.51. The van der Waals surface area contributed by atoms with Crippen molar-refractivity contribution in [3.8, 4) is 0 Å². The number of hydrogen-bond donors (Lipinski definition) is 1. The van der Waals surface area contributed by atoms with Gasteiger partial charge in [-0.1, -0.05) is 56.9 Å². The number of alkyl halides is 1. The van der Waals surface area contributed by atoms with Crippen LogP contribution in [0.3, 0.4) is 0 Å². The van der Waals surface area contributed by atoms with Crippen molar-refractivity contribution in [2.75, 3.05) is 19.7 Å². The van der Waals surface area contributed by atoms with Gasteiger partial charge in [-0.3, -0.25) is 0 Å². The Labute approximate surface area is 153 Å². The summed E-state index contributed by atoms with van der Waals surface area (Å²) < 4.78 is 19.5. The molecule has 1 saturated heterocycles. The second-order valence-corrected chi connectivity index (χ2v) is 7.53. The second-order valence-electron chi connectivity index (χ2n) is 7.53. The molecule has 1 aliphatic heterocycles. The molecule has 2 unspecified atom stereocenters. The van der Waals surface area contributed by atoms with Gasteiger partial charge in [0.05, 0.1) is 13.2 Å². The predicted octanol–water partition coefficient (Wildman–Crippen LogP) is 5.44. The normalized spacial score (nSPS) is 19.5. The molecule has 0 radical (unpaired) electrons. The fourth-order valence-corrected chi connectivity index (χ4v) is 3.62. The highest BCUT2D eigenvalue weighted by molar-refractivity contribution is 5.22. The summed E-state index contributed by atoms with van der Waals surface area (Å²) >= 11 is 0. The quantitative estimate of drug-likeness (QED) is 0.537. The lowest BCUT2D eigenvalue weighted by Crippen LogP contribution is -2.20. The molecule has 1 aromatic rings. The van der Waals surface area contributed by atoms with Crippen LogP contribution in [0.15, 0.2) is 24.3 Å². The molecule has 1 heterocycles. The minimum atomic E-state index is -0.827. The number of benzene rings is 1. The summed E-state index contributed by atoms with van der Waals surface area (Å²) in [6.45, 7) is 5.25. The van der Waals surface area contributed by atoms with Crippen LogP contribution in [0.25, 0.3) is 0 Å². The van der Waals surface area contributed by atoms with Gasteiger partial charge in [-0.2, -0.15) is 0 Å². The van der Waals surface area contributed by atoms with Crippen molar-refractivity contribution in [3.63, 3.8) is 0 Å². The molecule has 2 nitrogen and oxygen atoms in total. The lowest BCUT2D eigenvalue weighted by atomic mass is 9.96. The molecular weight excluding hydrogens is 313 g/mol. The fraction of sp³-hybridized carbons (Fsp3) is 0.727. The van der Waals surface area contributed by atoms with Gasteiger partial charge in [0.2, 0.25) is 0 Å². The first-order valence-corrected chi connectivity index (χ1v) is 10.3. The Morgan fingerprint density at radius 2 is 1.96 bits per heavy atom. The zero-order chi connectivity index (χ0) is 17.7. The van der Waals surface area contributed by atoms with Gasteiger partial charge in [0.25, 0.3) is 0 Å². The standard InChI is InChI=1S/C22H36FNO/c1-2-7-19-11-13-21(14-12-19)17-25-18-22(23)10-4-3-8-20-9-5-6-15-24-16-20/h11-14,20,22,24H,2-10,15-18H2,1H3. The Morgan fingerprint density at radius 1 is 1.16 bits per heavy atom. The number of nitrogens with one attached hydrogen (secondary N) is 1. The molecule has 3 heteroatoms. The van der Waals surface area contributed by atoms with Crippen LogP contribution in [0, 0.1) is 5.92 Å². The van der Waals surface area contributed by atoms with E-state index in [1.165, 1.54) is 37.8 Å². The minimum absolute atomic E-state index is 0.224. The molecule has 25 heavy (non-hydrogen) atoms. The van der Waals surface area contributed by atoms with Crippen molar-refractivity contribution < 1.29 is 9.13 Å². The third-order valence-corrected chi connectivity index (χ3v) is 5.16. The Bertz CT molecular complexity index is 440. The van der Waals surface area contributed by atoms with Crippen LogP contribution in [0.5, 0.6) is 0 Å². The zero-order valence-corrected chi connectivity index (χ0v) is 15.9. The average molecular weight is 350 g/mol. The van der Waals surface area contributed by atoms with E-state index in [9.17, 15) is 4.39 Å². The first-order valence-electron chi connectivity index (χ1n) is 10.3. The van der Waals surface area contributed by atoms with Crippen molar-refractivity contribution in [1.29, 1.82) is 0 Å². The minimum Gasteiger partial charge on any atom is -0.374 e. The maximum Gasteiger partial charge on any atom is 0.123 e. The van der Waals surface area contributed by atoms with Crippen molar-refractivity contribution in [2.24, 2.45) is 5.92 Å². The summed E-state index contributed by atoms with van der Waals surface area (Å²) in [6, 6.07) is 8.49. The number of aryl methyl sites for hydroxylation is 1. The molecule has 0 bridgehead atoms. The number of hydrogen-bond acceptors (Lipinski definition) is 2. The molecular formula is C22H36FNO. The Kier molecular flexibility index (Phi) is 10.1. The number of halogens is 1. The van der Waals surface area contributed by atoms with Gasteiger partial charge < -0.3 is 10.1 Å². The van der Waals surface area contributed by atoms with Gasteiger partial charge in [-0.05, 0) is 62.2 Å². The second kappa shape index (κ2) is 12.4. The van der Waals surface area contributed by atoms with Crippen LogP contribution in [-0.4, -0.2) is 25.9 Å². The molecule has 0 aromatic heterocycles. The summed E-state index contributed by atoms with van der Waals surface area (Å²) in [7, 11) is 0. The highest BCUT2D eigenvalue weighted by Gasteiger charge is 2.12. The van der Waals surface area contributed by atoms with Crippen LogP contribution in [-0.2, 0) is 17.8 Å². The first-order chi connectivity index (χ1) is 12.3. The van der Waals surface area contributed by atoms with E-state index in [4.69, 9.17) is 4.74 Å². The van der Waals surface area contributed by atoms with Crippen molar-refractivity contribution in [1.82, 2.24) is 5.32 Å². The van der Waals surface area contributed by atoms with E-state index < -0.39 is 6.17 Å². The SMILES string of the molecule is CCCc1ccc(COCC(F)CCCCC2CCCCNC2)cc1. The third kappa shape index (κ3) is 8.82. The van der Waals surface area contributed by atoms with Gasteiger partial charge >= 0.3 is 0 Å². The molecule has 2 atom stereocenters. The fourth-order valence-electron chi connectivity index (χ4n) is 3.62. The number of unbranched alkanes of at least 4 members (excludes halogenated alkanes) is 1. The molecule has 0 aliphatic carbocycles. The van der Waals surface area contributed by atoms with Crippen molar-refractivity contribution in [2.45, 2.75) is 77.5 Å². The van der Waals surface area contributed by atoms with Gasteiger partial charge in [0.1, 0.15) is 6.17 Å². The summed E-state index contributed by atoms with van der Waals surface area (Å²) in [5.74, 6) is 0.799. The average Bonchev–Trinajstić information content (AvgIpc) is 2.89. The highest BCUT2D eigenvalue weighted by atomic mass is 19.1. The molecule has 0 amide bonds. The topological polar surface area (TPSA) is 21.3 Å². The summed E-state index contributed by atoms with van der Waals surface area (Å²) in [4.78, 5) is 0. The maximum atomic E-state index is 14.0. The maximum absolute atomic E-state index is 14.0. The van der Waals surface area contributed by atoms with Gasteiger partial charge in [-0.15, -0.1) is 0 Å². The van der Waals surface area contributed by atoms with Crippen LogP contribution in [0.2, 0.25) is 0 Å². The monoisotopic (exact) mass is 349 g/mol. The lowest BCUT2D eigenvalue weighted by molar-refractivity contribution is 0.0653. The van der Waals surface area contributed by atoms with Gasteiger partial charge in [0, 0.05) is 0 Å². The number of ether oxygens (including phenoxy) is 1. The van der Waals surface area contributed by atoms with Crippen LogP contribution in [0.4, 0.5) is 4.39 Å². The molecule has 142 valence electrons. The van der Waals surface area contributed by atoms with Gasteiger partial charge in [-0.25, -0.2) is 4.39 Å². The summed E-state index contributed by atoms with van der Waals surface area (Å²) in [5.41, 5.74) is 2.49. The van der Waals surface area contributed by atoms with Crippen molar-refractivity contribution >= 4 is 0 Å². The Balaban J connectivity index is 1.51. The third-order valence-electron chi connectivity index (χ3n) is 5.16. The van der Waals surface area contributed by atoms with E-state index in [0.29, 0.717) is 13.0 Å². The van der Waals surface area contributed by atoms with E-state index in [2.05, 4.69) is 36.5 Å². The van der Waals surface area contributed by atoms with Crippen LogP contribution >= 0.6 is 0 Å².